The molecular formula is C15H21NO4S. The predicted octanol–water partition coefficient (Wildman–Crippen LogP) is 3.22. The molecule has 0 spiro atoms. The van der Waals surface area contributed by atoms with Gasteiger partial charge in [-0.05, 0) is 63.5 Å². The highest BCUT2D eigenvalue weighted by atomic mass is 32.1. The monoisotopic (exact) mass is 311 g/mol. The van der Waals surface area contributed by atoms with Crippen molar-refractivity contribution < 1.29 is 19.4 Å². The second-order valence-corrected chi connectivity index (χ2v) is 7.62. The van der Waals surface area contributed by atoms with Crippen molar-refractivity contribution in [2.45, 2.75) is 58.1 Å². The molecule has 6 heteroatoms. The second kappa shape index (κ2) is 5.33. The maximum atomic E-state index is 11.9. The summed E-state index contributed by atoms with van der Waals surface area (Å²) in [5.41, 5.74) is 1.00. The Morgan fingerprint density at radius 2 is 2.10 bits per heavy atom. The van der Waals surface area contributed by atoms with E-state index >= 15 is 0 Å². The first kappa shape index (κ1) is 15.8. The Balaban J connectivity index is 2.09. The van der Waals surface area contributed by atoms with Gasteiger partial charge in [0.1, 0.15) is 10.5 Å². The number of hydrogen-bond donors (Lipinski definition) is 2. The van der Waals surface area contributed by atoms with Gasteiger partial charge in [0.05, 0.1) is 0 Å². The van der Waals surface area contributed by atoms with Gasteiger partial charge in [-0.25, -0.2) is 9.59 Å². The minimum Gasteiger partial charge on any atom is -0.477 e. The van der Waals surface area contributed by atoms with Crippen molar-refractivity contribution in [3.63, 3.8) is 0 Å². The van der Waals surface area contributed by atoms with Crippen LogP contribution in [0.3, 0.4) is 0 Å². The molecule has 1 atom stereocenters. The van der Waals surface area contributed by atoms with Crippen LogP contribution in [0.25, 0.3) is 0 Å². The van der Waals surface area contributed by atoms with Crippen LogP contribution in [0, 0.1) is 0 Å². The lowest BCUT2D eigenvalue weighted by Gasteiger charge is -2.35. The molecule has 0 bridgehead atoms. The number of ether oxygens (including phenoxy) is 1. The van der Waals surface area contributed by atoms with Crippen LogP contribution in [0.2, 0.25) is 0 Å². The van der Waals surface area contributed by atoms with Crippen LogP contribution in [0.1, 0.15) is 54.9 Å². The molecule has 1 amide bonds. The van der Waals surface area contributed by atoms with Crippen molar-refractivity contribution in [1.82, 2.24) is 5.32 Å². The lowest BCUT2D eigenvalue weighted by atomic mass is 9.80. The summed E-state index contributed by atoms with van der Waals surface area (Å²) < 4.78 is 5.30. The summed E-state index contributed by atoms with van der Waals surface area (Å²) in [6.07, 6.45) is 1.57. The van der Waals surface area contributed by atoms with Crippen molar-refractivity contribution in [1.29, 1.82) is 0 Å². The number of alkyl carbamates (subject to hydrolysis) is 1. The van der Waals surface area contributed by atoms with Gasteiger partial charge in [0.15, 0.2) is 0 Å². The Hall–Kier alpha value is -1.56. The lowest BCUT2D eigenvalue weighted by Crippen LogP contribution is -2.51. The van der Waals surface area contributed by atoms with Crippen LogP contribution >= 0.6 is 11.3 Å². The minimum absolute atomic E-state index is 0.397. The minimum atomic E-state index is -0.870. The third-order valence-electron chi connectivity index (χ3n) is 3.49. The molecule has 2 N–H and O–H groups in total. The number of hydrogen-bond acceptors (Lipinski definition) is 4. The zero-order valence-corrected chi connectivity index (χ0v) is 13.6. The smallest absolute Gasteiger partial charge is 0.408 e. The van der Waals surface area contributed by atoms with Gasteiger partial charge in [0.25, 0.3) is 0 Å². The molecule has 2 rings (SSSR count). The van der Waals surface area contributed by atoms with Gasteiger partial charge >= 0.3 is 12.1 Å². The van der Waals surface area contributed by atoms with Gasteiger partial charge in [-0.2, -0.15) is 0 Å². The van der Waals surface area contributed by atoms with Gasteiger partial charge in [-0.3, -0.25) is 0 Å². The largest absolute Gasteiger partial charge is 0.477 e. The standard InChI is InChI=1S/C15H21NO4S/c1-14(2,3)20-13(19)16-15(4)6-5-10-9(7-15)8-21-11(10)12(17)18/h8H,5-7H2,1-4H3,(H,16,19)(H,17,18). The Morgan fingerprint density at radius 3 is 2.67 bits per heavy atom. The predicted molar refractivity (Wildman–Crippen MR) is 81.1 cm³/mol. The number of carbonyl (C=O) groups is 2. The number of carboxylic acid groups (broad SMARTS) is 1. The number of carboxylic acids is 1. The summed E-state index contributed by atoms with van der Waals surface area (Å²) >= 11 is 1.26. The third kappa shape index (κ3) is 3.75. The maximum Gasteiger partial charge on any atom is 0.408 e. The van der Waals surface area contributed by atoms with Crippen LogP contribution in [0.4, 0.5) is 4.79 Å². The summed E-state index contributed by atoms with van der Waals surface area (Å²) in [5, 5.41) is 14.0. The summed E-state index contributed by atoms with van der Waals surface area (Å²) in [4.78, 5) is 23.5. The summed E-state index contributed by atoms with van der Waals surface area (Å²) in [7, 11) is 0. The summed E-state index contributed by atoms with van der Waals surface area (Å²) in [5.74, 6) is -0.870. The summed E-state index contributed by atoms with van der Waals surface area (Å²) in [6, 6.07) is 0. The topological polar surface area (TPSA) is 75.6 Å². The third-order valence-corrected chi connectivity index (χ3v) is 4.54. The van der Waals surface area contributed by atoms with Crippen molar-refractivity contribution in [3.8, 4) is 0 Å². The van der Waals surface area contributed by atoms with E-state index in [2.05, 4.69) is 5.32 Å². The number of rotatable bonds is 2. The van der Waals surface area contributed by atoms with E-state index in [9.17, 15) is 9.59 Å². The fourth-order valence-electron chi connectivity index (χ4n) is 2.59. The highest BCUT2D eigenvalue weighted by Crippen LogP contribution is 2.34. The quantitative estimate of drug-likeness (QED) is 0.879. The van der Waals surface area contributed by atoms with E-state index in [4.69, 9.17) is 9.84 Å². The molecule has 116 valence electrons. The lowest BCUT2D eigenvalue weighted by molar-refractivity contribution is 0.0453. The van der Waals surface area contributed by atoms with E-state index in [1.165, 1.54) is 11.3 Å². The normalized spacial score (nSPS) is 21.5. The Kier molecular flexibility index (Phi) is 4.02. The molecule has 1 heterocycles. The number of thiophene rings is 1. The van der Waals surface area contributed by atoms with E-state index in [0.29, 0.717) is 24.1 Å². The van der Waals surface area contributed by atoms with E-state index in [-0.39, 0.29) is 0 Å². The molecule has 1 unspecified atom stereocenters. The molecule has 0 saturated heterocycles. The van der Waals surface area contributed by atoms with Gasteiger partial charge in [-0.1, -0.05) is 0 Å². The van der Waals surface area contributed by atoms with Crippen LogP contribution in [0.5, 0.6) is 0 Å². The molecule has 1 aromatic heterocycles. The molecule has 21 heavy (non-hydrogen) atoms. The van der Waals surface area contributed by atoms with E-state index < -0.39 is 23.2 Å². The van der Waals surface area contributed by atoms with E-state index in [1.54, 1.807) is 0 Å². The fraction of sp³-hybridized carbons (Fsp3) is 0.600. The fourth-order valence-corrected chi connectivity index (χ4v) is 3.55. The molecule has 1 aromatic rings. The maximum absolute atomic E-state index is 11.9. The second-order valence-electron chi connectivity index (χ2n) is 6.74. The molecule has 0 fully saturated rings. The Bertz CT molecular complexity index is 573. The van der Waals surface area contributed by atoms with Crippen molar-refractivity contribution in [2.24, 2.45) is 0 Å². The number of nitrogens with one attached hydrogen (secondary N) is 1. The summed E-state index contributed by atoms with van der Waals surface area (Å²) in [6.45, 7) is 7.45. The van der Waals surface area contributed by atoms with Crippen molar-refractivity contribution in [2.75, 3.05) is 0 Å². The molecule has 0 saturated carbocycles. The average Bonchev–Trinajstić information content (AvgIpc) is 2.67. The molecular weight excluding hydrogens is 290 g/mol. The van der Waals surface area contributed by atoms with E-state index in [0.717, 1.165) is 11.1 Å². The number of amides is 1. The number of aromatic carboxylic acids is 1. The van der Waals surface area contributed by atoms with Gasteiger partial charge in [0, 0.05) is 5.54 Å². The van der Waals surface area contributed by atoms with Gasteiger partial charge in [0.2, 0.25) is 0 Å². The molecule has 1 aliphatic carbocycles. The first-order valence-electron chi connectivity index (χ1n) is 6.93. The SMILES string of the molecule is CC1(NC(=O)OC(C)(C)C)CCc2c(csc2C(=O)O)C1. The van der Waals surface area contributed by atoms with Crippen LogP contribution in [-0.4, -0.2) is 28.3 Å². The molecule has 1 aliphatic rings. The Labute approximate surface area is 128 Å². The Morgan fingerprint density at radius 1 is 1.43 bits per heavy atom. The van der Waals surface area contributed by atoms with Crippen LogP contribution in [0.15, 0.2) is 5.38 Å². The highest BCUT2D eigenvalue weighted by molar-refractivity contribution is 7.12. The highest BCUT2D eigenvalue weighted by Gasteiger charge is 2.35. The molecule has 0 radical (unpaired) electrons. The molecule has 5 nitrogen and oxygen atoms in total. The first-order chi connectivity index (χ1) is 9.60. The molecule has 0 aliphatic heterocycles. The number of carbonyl (C=O) groups excluding carboxylic acids is 1. The average molecular weight is 311 g/mol. The van der Waals surface area contributed by atoms with Crippen molar-refractivity contribution in [3.05, 3.63) is 21.4 Å². The zero-order valence-electron chi connectivity index (χ0n) is 12.8. The van der Waals surface area contributed by atoms with Crippen LogP contribution in [-0.2, 0) is 17.6 Å². The number of fused-ring (bicyclic) bond motifs is 1. The van der Waals surface area contributed by atoms with Gasteiger partial charge in [-0.15, -0.1) is 11.3 Å². The first-order valence-corrected chi connectivity index (χ1v) is 7.81. The zero-order chi connectivity index (χ0) is 15.8. The van der Waals surface area contributed by atoms with Gasteiger partial charge < -0.3 is 15.2 Å². The van der Waals surface area contributed by atoms with E-state index in [1.807, 2.05) is 33.1 Å². The molecule has 0 aromatic carbocycles. The van der Waals surface area contributed by atoms with Crippen LogP contribution < -0.4 is 5.32 Å². The van der Waals surface area contributed by atoms with Crippen molar-refractivity contribution >= 4 is 23.4 Å².